The maximum Gasteiger partial charge on any atom is 0.0652 e. The van der Waals surface area contributed by atoms with Crippen LogP contribution in [0.5, 0.6) is 0 Å². The maximum atomic E-state index is 8.73. The minimum absolute atomic E-state index is 0.153. The molecule has 0 spiro atoms. The third-order valence-electron chi connectivity index (χ3n) is 1.90. The van der Waals surface area contributed by atoms with E-state index in [1.807, 2.05) is 11.6 Å². The van der Waals surface area contributed by atoms with Crippen molar-refractivity contribution in [2.45, 2.75) is 33.2 Å². The Morgan fingerprint density at radius 1 is 1.58 bits per heavy atom. The van der Waals surface area contributed by atoms with Gasteiger partial charge in [-0.2, -0.15) is 5.10 Å². The molecule has 1 aromatic rings. The third-order valence-corrected chi connectivity index (χ3v) is 1.90. The van der Waals surface area contributed by atoms with E-state index in [2.05, 4.69) is 25.0 Å². The van der Waals surface area contributed by atoms with Crippen molar-refractivity contribution >= 4 is 0 Å². The molecule has 0 unspecified atom stereocenters. The third kappa shape index (κ3) is 1.85. The number of aromatic nitrogens is 2. The van der Waals surface area contributed by atoms with Crippen LogP contribution in [-0.2, 0) is 6.54 Å². The van der Waals surface area contributed by atoms with Crippen LogP contribution in [0.2, 0.25) is 0 Å². The highest BCUT2D eigenvalue weighted by atomic mass is 16.3. The van der Waals surface area contributed by atoms with Crippen molar-refractivity contribution in [3.05, 3.63) is 17.5 Å². The van der Waals surface area contributed by atoms with E-state index < -0.39 is 0 Å². The molecular formula is C9H16N2O. The van der Waals surface area contributed by atoms with E-state index in [0.29, 0.717) is 12.5 Å². The second-order valence-electron chi connectivity index (χ2n) is 3.31. The Kier molecular flexibility index (Phi) is 2.87. The molecule has 0 saturated carbocycles. The maximum absolute atomic E-state index is 8.73. The fourth-order valence-electron chi connectivity index (χ4n) is 1.14. The molecule has 1 N–H and O–H groups in total. The van der Waals surface area contributed by atoms with E-state index in [-0.39, 0.29) is 6.61 Å². The van der Waals surface area contributed by atoms with Crippen LogP contribution in [0.15, 0.2) is 6.07 Å². The monoisotopic (exact) mass is 168 g/mol. The molecule has 0 aliphatic heterocycles. The Hall–Kier alpha value is -0.830. The zero-order valence-electron chi connectivity index (χ0n) is 7.91. The molecule has 0 aliphatic rings. The lowest BCUT2D eigenvalue weighted by molar-refractivity contribution is 0.267. The molecule has 0 atom stereocenters. The van der Waals surface area contributed by atoms with Crippen molar-refractivity contribution in [3.63, 3.8) is 0 Å². The summed E-state index contributed by atoms with van der Waals surface area (Å²) in [5.41, 5.74) is 2.22. The average Bonchev–Trinajstić information content (AvgIpc) is 2.34. The Labute approximate surface area is 73.0 Å². The number of aliphatic hydroxyl groups excluding tert-OH is 1. The second kappa shape index (κ2) is 3.72. The zero-order valence-corrected chi connectivity index (χ0v) is 7.91. The van der Waals surface area contributed by atoms with E-state index >= 15 is 0 Å². The highest BCUT2D eigenvalue weighted by molar-refractivity contribution is 5.11. The Balaban J connectivity index is 2.85. The number of hydrogen-bond donors (Lipinski definition) is 1. The molecule has 3 heteroatoms. The number of hydrogen-bond acceptors (Lipinski definition) is 2. The summed E-state index contributed by atoms with van der Waals surface area (Å²) >= 11 is 0. The summed E-state index contributed by atoms with van der Waals surface area (Å²) in [7, 11) is 0. The van der Waals surface area contributed by atoms with Crippen LogP contribution >= 0.6 is 0 Å². The molecule has 0 aliphatic carbocycles. The molecule has 0 radical (unpaired) electrons. The molecule has 0 amide bonds. The minimum atomic E-state index is 0.153. The van der Waals surface area contributed by atoms with Gasteiger partial charge >= 0.3 is 0 Å². The predicted molar refractivity (Wildman–Crippen MR) is 48.1 cm³/mol. The van der Waals surface area contributed by atoms with Gasteiger partial charge < -0.3 is 5.11 Å². The number of aliphatic hydroxyl groups is 1. The summed E-state index contributed by atoms with van der Waals surface area (Å²) in [6, 6.07) is 2.07. The first kappa shape index (κ1) is 9.26. The van der Waals surface area contributed by atoms with Gasteiger partial charge in [-0.1, -0.05) is 13.8 Å². The van der Waals surface area contributed by atoms with Gasteiger partial charge in [0.05, 0.1) is 18.8 Å². The molecule has 1 rings (SSSR count). The van der Waals surface area contributed by atoms with Crippen molar-refractivity contribution in [2.24, 2.45) is 0 Å². The van der Waals surface area contributed by atoms with Crippen molar-refractivity contribution in [1.29, 1.82) is 0 Å². The van der Waals surface area contributed by atoms with Gasteiger partial charge in [-0.3, -0.25) is 4.68 Å². The molecule has 0 bridgehead atoms. The predicted octanol–water partition coefficient (Wildman–Crippen LogP) is 1.31. The van der Waals surface area contributed by atoms with Crippen LogP contribution in [0.3, 0.4) is 0 Å². The summed E-state index contributed by atoms with van der Waals surface area (Å²) in [6.45, 7) is 6.99. The van der Waals surface area contributed by atoms with Gasteiger partial charge in [-0.15, -0.1) is 0 Å². The van der Waals surface area contributed by atoms with Gasteiger partial charge in [0.1, 0.15) is 0 Å². The Bertz CT molecular complexity index is 253. The van der Waals surface area contributed by atoms with Crippen molar-refractivity contribution in [1.82, 2.24) is 9.78 Å². The largest absolute Gasteiger partial charge is 0.394 e. The first-order valence-corrected chi connectivity index (χ1v) is 4.30. The second-order valence-corrected chi connectivity index (χ2v) is 3.31. The van der Waals surface area contributed by atoms with Crippen LogP contribution in [0.25, 0.3) is 0 Å². The summed E-state index contributed by atoms with van der Waals surface area (Å²) < 4.78 is 1.84. The van der Waals surface area contributed by atoms with Crippen molar-refractivity contribution in [3.8, 4) is 0 Å². The van der Waals surface area contributed by atoms with Gasteiger partial charge in [-0.25, -0.2) is 0 Å². The fourth-order valence-corrected chi connectivity index (χ4v) is 1.14. The van der Waals surface area contributed by atoms with E-state index in [1.165, 1.54) is 0 Å². The lowest BCUT2D eigenvalue weighted by atomic mass is 10.1. The van der Waals surface area contributed by atoms with Gasteiger partial charge in [0, 0.05) is 5.69 Å². The van der Waals surface area contributed by atoms with Gasteiger partial charge in [0.2, 0.25) is 0 Å². The van der Waals surface area contributed by atoms with Crippen LogP contribution in [0.1, 0.15) is 31.2 Å². The first-order valence-electron chi connectivity index (χ1n) is 4.30. The molecule has 1 heterocycles. The quantitative estimate of drug-likeness (QED) is 0.739. The lowest BCUT2D eigenvalue weighted by Gasteiger charge is -2.00. The molecule has 1 aromatic heterocycles. The summed E-state index contributed by atoms with van der Waals surface area (Å²) in [4.78, 5) is 0. The Morgan fingerprint density at radius 3 is 2.67 bits per heavy atom. The number of aryl methyl sites for hydroxylation is 1. The van der Waals surface area contributed by atoms with E-state index in [4.69, 9.17) is 5.11 Å². The molecule has 3 nitrogen and oxygen atoms in total. The molecular weight excluding hydrogens is 152 g/mol. The van der Waals surface area contributed by atoms with Crippen LogP contribution in [0.4, 0.5) is 0 Å². The SMILES string of the molecule is Cc1cc(C(C)C)nn1CCO. The van der Waals surface area contributed by atoms with Crippen molar-refractivity contribution < 1.29 is 5.11 Å². The number of rotatable bonds is 3. The summed E-state index contributed by atoms with van der Waals surface area (Å²) in [5.74, 6) is 0.462. The topological polar surface area (TPSA) is 38.0 Å². The number of nitrogens with zero attached hydrogens (tertiary/aromatic N) is 2. The van der Waals surface area contributed by atoms with Crippen molar-refractivity contribution in [2.75, 3.05) is 6.61 Å². The Morgan fingerprint density at radius 2 is 2.25 bits per heavy atom. The molecule has 0 fully saturated rings. The van der Waals surface area contributed by atoms with Gasteiger partial charge in [0.25, 0.3) is 0 Å². The van der Waals surface area contributed by atoms with Crippen LogP contribution in [0, 0.1) is 6.92 Å². The van der Waals surface area contributed by atoms with Gasteiger partial charge in [0.15, 0.2) is 0 Å². The van der Waals surface area contributed by atoms with E-state index in [0.717, 1.165) is 11.4 Å². The van der Waals surface area contributed by atoms with E-state index in [9.17, 15) is 0 Å². The highest BCUT2D eigenvalue weighted by Crippen LogP contribution is 2.13. The van der Waals surface area contributed by atoms with Crippen LogP contribution < -0.4 is 0 Å². The average molecular weight is 168 g/mol. The summed E-state index contributed by atoms with van der Waals surface area (Å²) in [5, 5.41) is 13.1. The normalized spacial score (nSPS) is 11.1. The van der Waals surface area contributed by atoms with Crippen LogP contribution in [-0.4, -0.2) is 21.5 Å². The zero-order chi connectivity index (χ0) is 9.14. The fraction of sp³-hybridized carbons (Fsp3) is 0.667. The smallest absolute Gasteiger partial charge is 0.0652 e. The molecule has 0 aromatic carbocycles. The van der Waals surface area contributed by atoms with E-state index in [1.54, 1.807) is 0 Å². The van der Waals surface area contributed by atoms with Gasteiger partial charge in [-0.05, 0) is 18.9 Å². The standard InChI is InChI=1S/C9H16N2O/c1-7(2)9-6-8(3)11(10-9)4-5-12/h6-7,12H,4-5H2,1-3H3. The first-order chi connectivity index (χ1) is 5.65. The molecule has 68 valence electrons. The lowest BCUT2D eigenvalue weighted by Crippen LogP contribution is -2.06. The summed E-state index contributed by atoms with van der Waals surface area (Å²) in [6.07, 6.45) is 0. The molecule has 0 saturated heterocycles. The minimum Gasteiger partial charge on any atom is -0.394 e. The molecule has 12 heavy (non-hydrogen) atoms. The highest BCUT2D eigenvalue weighted by Gasteiger charge is 2.06.